The molecule has 1 aromatic heterocycles. The number of ether oxygens (including phenoxy) is 4. The van der Waals surface area contributed by atoms with Crippen molar-refractivity contribution < 1.29 is 37.0 Å². The van der Waals surface area contributed by atoms with Crippen LogP contribution in [-0.4, -0.2) is 73.0 Å². The Morgan fingerprint density at radius 3 is 2.16 bits per heavy atom. The van der Waals surface area contributed by atoms with Crippen molar-refractivity contribution in [2.45, 2.75) is 43.8 Å². The maximum absolute atomic E-state index is 12.8. The van der Waals surface area contributed by atoms with Crippen LogP contribution in [0.4, 0.5) is 13.2 Å². The first kappa shape index (κ1) is 26.7. The fourth-order valence-corrected chi connectivity index (χ4v) is 4.09. The maximum atomic E-state index is 12.8. The number of nitrogens with zero attached hydrogens (tertiary/aromatic N) is 4. The van der Waals surface area contributed by atoms with E-state index in [0.29, 0.717) is 11.5 Å². The second-order valence-electron chi connectivity index (χ2n) is 8.33. The summed E-state index contributed by atoms with van der Waals surface area (Å²) in [5.74, 6) is 0.422. The standard InChI is InChI=1S/C25H27F3N4O5/c1-15-20(33-2)21(34-3)22(35-4)24(36-15)37-30-13-16-5-7-17(8-6-16)23-29-14-32(31-23)19-11-9-18(10-12-19)25(26,27)28/h5-15,20-22,24H,1-4H3/b30-13+/t15-,20-,21+,22+,24-/m0/s1. The van der Waals surface area contributed by atoms with Crippen LogP contribution < -0.4 is 0 Å². The predicted molar refractivity (Wildman–Crippen MR) is 127 cm³/mol. The van der Waals surface area contributed by atoms with E-state index in [2.05, 4.69) is 15.2 Å². The molecule has 12 heteroatoms. The Morgan fingerprint density at radius 1 is 0.919 bits per heavy atom. The van der Waals surface area contributed by atoms with Crippen LogP contribution in [0.3, 0.4) is 0 Å². The minimum atomic E-state index is -4.39. The van der Waals surface area contributed by atoms with Crippen molar-refractivity contribution in [3.8, 4) is 17.1 Å². The lowest BCUT2D eigenvalue weighted by atomic mass is 9.99. The van der Waals surface area contributed by atoms with Gasteiger partial charge in [0.05, 0.1) is 23.6 Å². The highest BCUT2D eigenvalue weighted by Gasteiger charge is 2.46. The zero-order valence-electron chi connectivity index (χ0n) is 20.6. The molecule has 3 aromatic rings. The summed E-state index contributed by atoms with van der Waals surface area (Å²) in [5, 5.41) is 8.41. The fourth-order valence-electron chi connectivity index (χ4n) is 4.09. The molecule has 2 aromatic carbocycles. The SMILES string of the molecule is CO[C@@H]1[C@@H](OC)[C@H](C)O[C@@H](O/N=C/c2ccc(-c3ncn(-c4ccc(C(F)(F)F)cc4)n3)cc2)[C@@H]1OC. The number of methoxy groups -OCH3 is 3. The Labute approximate surface area is 211 Å². The Bertz CT molecular complexity index is 1180. The number of halogens is 3. The van der Waals surface area contributed by atoms with Crippen LogP contribution in [0.25, 0.3) is 17.1 Å². The van der Waals surface area contributed by atoms with Crippen LogP contribution in [0.5, 0.6) is 0 Å². The van der Waals surface area contributed by atoms with Crippen LogP contribution in [0.15, 0.2) is 60.0 Å². The third-order valence-electron chi connectivity index (χ3n) is 6.03. The number of hydrogen-bond donors (Lipinski definition) is 0. The van der Waals surface area contributed by atoms with Crippen molar-refractivity contribution in [3.63, 3.8) is 0 Å². The van der Waals surface area contributed by atoms with Gasteiger partial charge in [0.1, 0.15) is 18.5 Å². The third kappa shape index (κ3) is 5.99. The van der Waals surface area contributed by atoms with E-state index < -0.39 is 30.2 Å². The van der Waals surface area contributed by atoms with Crippen molar-refractivity contribution in [1.82, 2.24) is 14.8 Å². The largest absolute Gasteiger partial charge is 0.416 e. The molecule has 1 fully saturated rings. The van der Waals surface area contributed by atoms with E-state index >= 15 is 0 Å². The Kier molecular flexibility index (Phi) is 8.22. The van der Waals surface area contributed by atoms with Crippen molar-refractivity contribution in [1.29, 1.82) is 0 Å². The van der Waals surface area contributed by atoms with Gasteiger partial charge >= 0.3 is 6.18 Å². The Morgan fingerprint density at radius 2 is 1.57 bits per heavy atom. The summed E-state index contributed by atoms with van der Waals surface area (Å²) in [7, 11) is 4.69. The molecular formula is C25H27F3N4O5. The molecule has 1 saturated heterocycles. The highest BCUT2D eigenvalue weighted by atomic mass is 19.4. The quantitative estimate of drug-likeness (QED) is 0.327. The number of aromatic nitrogens is 3. The lowest BCUT2D eigenvalue weighted by molar-refractivity contribution is -0.305. The van der Waals surface area contributed by atoms with E-state index in [0.717, 1.165) is 23.3 Å². The zero-order valence-corrected chi connectivity index (χ0v) is 20.6. The van der Waals surface area contributed by atoms with Gasteiger partial charge < -0.3 is 23.8 Å². The summed E-state index contributed by atoms with van der Waals surface area (Å²) in [6, 6.07) is 11.9. The van der Waals surface area contributed by atoms with Crippen LogP contribution in [0.1, 0.15) is 18.1 Å². The number of rotatable bonds is 8. The van der Waals surface area contributed by atoms with Gasteiger partial charge in [-0.05, 0) is 36.8 Å². The van der Waals surface area contributed by atoms with E-state index in [1.807, 2.05) is 6.92 Å². The molecule has 0 saturated carbocycles. The van der Waals surface area contributed by atoms with Crippen molar-refractivity contribution in [2.75, 3.05) is 21.3 Å². The summed E-state index contributed by atoms with van der Waals surface area (Å²) >= 11 is 0. The molecule has 37 heavy (non-hydrogen) atoms. The summed E-state index contributed by atoms with van der Waals surface area (Å²) in [6.45, 7) is 1.86. The number of hydrogen-bond acceptors (Lipinski definition) is 8. The van der Waals surface area contributed by atoms with Crippen molar-refractivity contribution in [2.24, 2.45) is 5.16 Å². The molecule has 9 nitrogen and oxygen atoms in total. The van der Waals surface area contributed by atoms with Gasteiger partial charge in [-0.25, -0.2) is 9.67 Å². The van der Waals surface area contributed by atoms with Crippen LogP contribution in [0, 0.1) is 0 Å². The monoisotopic (exact) mass is 520 g/mol. The summed E-state index contributed by atoms with van der Waals surface area (Å²) in [4.78, 5) is 9.83. The first-order valence-electron chi connectivity index (χ1n) is 11.4. The molecule has 0 bridgehead atoms. The molecule has 0 unspecified atom stereocenters. The minimum absolute atomic E-state index is 0.296. The van der Waals surface area contributed by atoms with Gasteiger partial charge in [-0.2, -0.15) is 13.2 Å². The smallest absolute Gasteiger partial charge is 0.376 e. The van der Waals surface area contributed by atoms with E-state index in [1.165, 1.54) is 36.5 Å². The van der Waals surface area contributed by atoms with E-state index in [1.54, 1.807) is 38.5 Å². The van der Waals surface area contributed by atoms with Crippen molar-refractivity contribution >= 4 is 6.21 Å². The molecule has 0 amide bonds. The second kappa shape index (κ2) is 11.4. The molecule has 5 atom stereocenters. The Balaban J connectivity index is 1.40. The van der Waals surface area contributed by atoms with Gasteiger partial charge in [-0.3, -0.25) is 0 Å². The van der Waals surface area contributed by atoms with Gasteiger partial charge in [0, 0.05) is 26.9 Å². The summed E-state index contributed by atoms with van der Waals surface area (Å²) in [5.41, 5.74) is 1.22. The number of oxime groups is 1. The summed E-state index contributed by atoms with van der Waals surface area (Å²) < 4.78 is 62.2. The van der Waals surface area contributed by atoms with Crippen LogP contribution in [-0.2, 0) is 30.0 Å². The minimum Gasteiger partial charge on any atom is -0.376 e. The molecule has 0 spiro atoms. The highest BCUT2D eigenvalue weighted by molar-refractivity contribution is 5.80. The first-order chi connectivity index (χ1) is 17.7. The van der Waals surface area contributed by atoms with Gasteiger partial charge in [0.25, 0.3) is 6.29 Å². The summed E-state index contributed by atoms with van der Waals surface area (Å²) in [6.07, 6.45) is -3.76. The first-order valence-corrected chi connectivity index (χ1v) is 11.4. The van der Waals surface area contributed by atoms with Gasteiger partial charge in [-0.15, -0.1) is 5.10 Å². The molecule has 0 aliphatic carbocycles. The van der Waals surface area contributed by atoms with E-state index in [9.17, 15) is 13.2 Å². The number of benzene rings is 2. The molecule has 0 N–H and O–H groups in total. The van der Waals surface area contributed by atoms with Crippen molar-refractivity contribution in [3.05, 3.63) is 66.0 Å². The van der Waals surface area contributed by atoms with Crippen LogP contribution in [0.2, 0.25) is 0 Å². The topological polar surface area (TPSA) is 89.2 Å². The molecule has 1 aliphatic heterocycles. The second-order valence-corrected chi connectivity index (χ2v) is 8.33. The van der Waals surface area contributed by atoms with E-state index in [4.69, 9.17) is 23.8 Å². The van der Waals surface area contributed by atoms with Crippen LogP contribution >= 0.6 is 0 Å². The lowest BCUT2D eigenvalue weighted by Gasteiger charge is -2.42. The third-order valence-corrected chi connectivity index (χ3v) is 6.03. The molecule has 2 heterocycles. The normalized spacial score (nSPS) is 24.5. The van der Waals surface area contributed by atoms with Gasteiger partial charge in [0.2, 0.25) is 0 Å². The number of alkyl halides is 3. The lowest BCUT2D eigenvalue weighted by Crippen LogP contribution is -2.59. The van der Waals surface area contributed by atoms with E-state index in [-0.39, 0.29) is 12.2 Å². The average molecular weight is 521 g/mol. The molecule has 4 rings (SSSR count). The predicted octanol–water partition coefficient (Wildman–Crippen LogP) is 4.09. The fraction of sp³-hybridized carbons (Fsp3) is 0.400. The van der Waals surface area contributed by atoms with Gasteiger partial charge in [-0.1, -0.05) is 29.4 Å². The molecular weight excluding hydrogens is 493 g/mol. The Hall–Kier alpha value is -3.32. The molecule has 198 valence electrons. The highest BCUT2D eigenvalue weighted by Crippen LogP contribution is 2.30. The average Bonchev–Trinajstić information content (AvgIpc) is 3.38. The molecule has 1 aliphatic rings. The molecule has 0 radical (unpaired) electrons. The maximum Gasteiger partial charge on any atom is 0.416 e. The van der Waals surface area contributed by atoms with Gasteiger partial charge in [0.15, 0.2) is 11.9 Å². The zero-order chi connectivity index (χ0) is 26.6.